The van der Waals surface area contributed by atoms with Crippen LogP contribution in [0, 0.1) is 0 Å². The number of benzene rings is 3. The molecule has 4 rings (SSSR count). The number of carbonyl (C=O) groups is 1. The van der Waals surface area contributed by atoms with Crippen LogP contribution in [0.2, 0.25) is 0 Å². The number of H-pyrrole nitrogens is 1. The number of fused-ring (bicyclic) bond motifs is 1. The number of hydrogen-bond acceptors (Lipinski definition) is 3. The number of ether oxygens (including phenoxy) is 1. The standard InChI is InChI=1S/C21H17N3O2/c25-21(22-14-20-23-17-11-5-6-12-18(17)24-20)16-10-4-7-13-19(16)26-15-8-2-1-3-9-15/h1-13H,14H2,(H,22,25)(H,23,24). The summed E-state index contributed by atoms with van der Waals surface area (Å²) in [5.74, 6) is 1.70. The molecule has 0 aliphatic carbocycles. The van der Waals surface area contributed by atoms with Crippen molar-refractivity contribution in [3.8, 4) is 11.5 Å². The maximum atomic E-state index is 12.6. The average Bonchev–Trinajstić information content (AvgIpc) is 3.10. The van der Waals surface area contributed by atoms with E-state index in [9.17, 15) is 4.79 Å². The van der Waals surface area contributed by atoms with E-state index in [4.69, 9.17) is 4.74 Å². The van der Waals surface area contributed by atoms with Crippen molar-refractivity contribution in [3.63, 3.8) is 0 Å². The highest BCUT2D eigenvalue weighted by Crippen LogP contribution is 2.25. The molecule has 0 fully saturated rings. The Bertz CT molecular complexity index is 1010. The molecule has 0 spiro atoms. The number of aromatic amines is 1. The van der Waals surface area contributed by atoms with Crippen molar-refractivity contribution in [1.82, 2.24) is 15.3 Å². The van der Waals surface area contributed by atoms with Crippen LogP contribution in [-0.2, 0) is 6.54 Å². The molecule has 0 unspecified atom stereocenters. The molecular formula is C21H17N3O2. The number of aromatic nitrogens is 2. The number of para-hydroxylation sites is 4. The zero-order valence-corrected chi connectivity index (χ0v) is 14.0. The van der Waals surface area contributed by atoms with E-state index in [0.717, 1.165) is 11.0 Å². The maximum absolute atomic E-state index is 12.6. The van der Waals surface area contributed by atoms with Crippen LogP contribution >= 0.6 is 0 Å². The van der Waals surface area contributed by atoms with Crippen LogP contribution in [0.1, 0.15) is 16.2 Å². The molecule has 1 aromatic heterocycles. The molecule has 128 valence electrons. The van der Waals surface area contributed by atoms with Crippen LogP contribution in [0.5, 0.6) is 11.5 Å². The first kappa shape index (κ1) is 15.9. The minimum atomic E-state index is -0.211. The molecule has 0 bridgehead atoms. The fraction of sp³-hybridized carbons (Fsp3) is 0.0476. The highest BCUT2D eigenvalue weighted by atomic mass is 16.5. The first-order valence-corrected chi connectivity index (χ1v) is 8.33. The van der Waals surface area contributed by atoms with E-state index >= 15 is 0 Å². The predicted molar refractivity (Wildman–Crippen MR) is 100 cm³/mol. The van der Waals surface area contributed by atoms with Gasteiger partial charge in [0.05, 0.1) is 23.1 Å². The Hall–Kier alpha value is -3.60. The topological polar surface area (TPSA) is 67.0 Å². The third-order valence-corrected chi connectivity index (χ3v) is 3.96. The predicted octanol–water partition coefficient (Wildman–Crippen LogP) is 4.29. The number of hydrogen-bond donors (Lipinski definition) is 2. The van der Waals surface area contributed by atoms with E-state index in [-0.39, 0.29) is 5.91 Å². The van der Waals surface area contributed by atoms with E-state index in [2.05, 4.69) is 15.3 Å². The number of rotatable bonds is 5. The lowest BCUT2D eigenvalue weighted by molar-refractivity contribution is 0.0947. The van der Waals surface area contributed by atoms with Crippen molar-refractivity contribution in [1.29, 1.82) is 0 Å². The van der Waals surface area contributed by atoms with Gasteiger partial charge in [0.1, 0.15) is 17.3 Å². The molecule has 0 radical (unpaired) electrons. The summed E-state index contributed by atoms with van der Waals surface area (Å²) in [4.78, 5) is 20.3. The molecule has 26 heavy (non-hydrogen) atoms. The largest absolute Gasteiger partial charge is 0.457 e. The zero-order chi connectivity index (χ0) is 17.8. The Labute approximate surface area is 150 Å². The smallest absolute Gasteiger partial charge is 0.255 e. The molecule has 0 saturated heterocycles. The molecule has 5 heteroatoms. The van der Waals surface area contributed by atoms with Gasteiger partial charge in [0.2, 0.25) is 0 Å². The van der Waals surface area contributed by atoms with Gasteiger partial charge in [-0.05, 0) is 36.4 Å². The van der Waals surface area contributed by atoms with Crippen LogP contribution in [0.3, 0.4) is 0 Å². The van der Waals surface area contributed by atoms with Gasteiger partial charge >= 0.3 is 0 Å². The monoisotopic (exact) mass is 343 g/mol. The van der Waals surface area contributed by atoms with E-state index in [1.54, 1.807) is 12.1 Å². The van der Waals surface area contributed by atoms with E-state index in [1.165, 1.54) is 0 Å². The minimum Gasteiger partial charge on any atom is -0.457 e. The lowest BCUT2D eigenvalue weighted by Gasteiger charge is -2.11. The molecular weight excluding hydrogens is 326 g/mol. The van der Waals surface area contributed by atoms with Crippen molar-refractivity contribution in [2.24, 2.45) is 0 Å². The molecule has 5 nitrogen and oxygen atoms in total. The first-order valence-electron chi connectivity index (χ1n) is 8.33. The fourth-order valence-corrected chi connectivity index (χ4v) is 2.71. The summed E-state index contributed by atoms with van der Waals surface area (Å²) in [5, 5.41) is 2.89. The molecule has 2 N–H and O–H groups in total. The summed E-state index contributed by atoms with van der Waals surface area (Å²) in [5.41, 5.74) is 2.31. The lowest BCUT2D eigenvalue weighted by Crippen LogP contribution is -2.23. The van der Waals surface area contributed by atoms with Crippen LogP contribution in [0.4, 0.5) is 0 Å². The zero-order valence-electron chi connectivity index (χ0n) is 14.0. The van der Waals surface area contributed by atoms with E-state index in [1.807, 2.05) is 66.7 Å². The Kier molecular flexibility index (Phi) is 4.35. The van der Waals surface area contributed by atoms with Gasteiger partial charge in [0, 0.05) is 0 Å². The van der Waals surface area contributed by atoms with Crippen LogP contribution in [-0.4, -0.2) is 15.9 Å². The minimum absolute atomic E-state index is 0.211. The molecule has 0 aliphatic rings. The average molecular weight is 343 g/mol. The van der Waals surface area contributed by atoms with E-state index < -0.39 is 0 Å². The molecule has 0 aliphatic heterocycles. The highest BCUT2D eigenvalue weighted by Gasteiger charge is 2.13. The quantitative estimate of drug-likeness (QED) is 0.568. The Morgan fingerprint density at radius 2 is 1.65 bits per heavy atom. The summed E-state index contributed by atoms with van der Waals surface area (Å²) >= 11 is 0. The van der Waals surface area contributed by atoms with Crippen molar-refractivity contribution in [3.05, 3.63) is 90.3 Å². The van der Waals surface area contributed by atoms with Crippen molar-refractivity contribution >= 4 is 16.9 Å². The van der Waals surface area contributed by atoms with Crippen LogP contribution in [0.25, 0.3) is 11.0 Å². The Morgan fingerprint density at radius 3 is 2.50 bits per heavy atom. The number of nitrogens with zero attached hydrogens (tertiary/aromatic N) is 1. The fourth-order valence-electron chi connectivity index (χ4n) is 2.71. The van der Waals surface area contributed by atoms with Gasteiger partial charge in [-0.3, -0.25) is 4.79 Å². The highest BCUT2D eigenvalue weighted by molar-refractivity contribution is 5.97. The van der Waals surface area contributed by atoms with Crippen molar-refractivity contribution < 1.29 is 9.53 Å². The third-order valence-electron chi connectivity index (χ3n) is 3.96. The number of carbonyl (C=O) groups excluding carboxylic acids is 1. The van der Waals surface area contributed by atoms with Crippen LogP contribution < -0.4 is 10.1 Å². The second-order valence-corrected chi connectivity index (χ2v) is 5.79. The molecule has 0 saturated carbocycles. The normalized spacial score (nSPS) is 10.6. The number of imidazole rings is 1. The maximum Gasteiger partial charge on any atom is 0.255 e. The third kappa shape index (κ3) is 3.42. The van der Waals surface area contributed by atoms with Gasteiger partial charge < -0.3 is 15.0 Å². The van der Waals surface area contributed by atoms with Gasteiger partial charge in [-0.2, -0.15) is 0 Å². The SMILES string of the molecule is O=C(NCc1nc2ccccc2[nH]1)c1ccccc1Oc1ccccc1. The van der Waals surface area contributed by atoms with Gasteiger partial charge in [-0.25, -0.2) is 4.98 Å². The van der Waals surface area contributed by atoms with Gasteiger partial charge in [-0.1, -0.05) is 42.5 Å². The van der Waals surface area contributed by atoms with Gasteiger partial charge in [-0.15, -0.1) is 0 Å². The van der Waals surface area contributed by atoms with Crippen molar-refractivity contribution in [2.75, 3.05) is 0 Å². The van der Waals surface area contributed by atoms with E-state index in [0.29, 0.717) is 29.4 Å². The number of nitrogens with one attached hydrogen (secondary N) is 2. The van der Waals surface area contributed by atoms with Gasteiger partial charge in [0.25, 0.3) is 5.91 Å². The summed E-state index contributed by atoms with van der Waals surface area (Å²) in [7, 11) is 0. The summed E-state index contributed by atoms with van der Waals surface area (Å²) < 4.78 is 5.85. The molecule has 0 atom stereocenters. The second kappa shape index (κ2) is 7.11. The molecule has 1 amide bonds. The van der Waals surface area contributed by atoms with Crippen molar-refractivity contribution in [2.45, 2.75) is 6.54 Å². The number of amides is 1. The Morgan fingerprint density at radius 1 is 0.923 bits per heavy atom. The second-order valence-electron chi connectivity index (χ2n) is 5.79. The lowest BCUT2D eigenvalue weighted by atomic mass is 10.2. The summed E-state index contributed by atoms with van der Waals surface area (Å²) in [6, 6.07) is 24.3. The molecule has 3 aromatic carbocycles. The van der Waals surface area contributed by atoms with Gasteiger partial charge in [0.15, 0.2) is 0 Å². The molecule has 1 heterocycles. The van der Waals surface area contributed by atoms with Crippen LogP contribution in [0.15, 0.2) is 78.9 Å². The first-order chi connectivity index (χ1) is 12.8. The summed E-state index contributed by atoms with van der Waals surface area (Å²) in [6.45, 7) is 0.313. The summed E-state index contributed by atoms with van der Waals surface area (Å²) in [6.07, 6.45) is 0. The molecule has 4 aromatic rings. The Balaban J connectivity index is 1.49.